The molecular formula is C16H16F3N3O2. The lowest BCUT2D eigenvalue weighted by molar-refractivity contribution is -0.125. The second-order valence-electron chi connectivity index (χ2n) is 5.82. The molecule has 0 aromatic heterocycles. The van der Waals surface area contributed by atoms with Crippen LogP contribution in [0.15, 0.2) is 23.4 Å². The lowest BCUT2D eigenvalue weighted by Crippen LogP contribution is -2.45. The lowest BCUT2D eigenvalue weighted by atomic mass is 9.95. The van der Waals surface area contributed by atoms with Crippen molar-refractivity contribution in [2.24, 2.45) is 0 Å². The van der Waals surface area contributed by atoms with E-state index in [-0.39, 0.29) is 23.6 Å². The third kappa shape index (κ3) is 2.42. The van der Waals surface area contributed by atoms with Crippen LogP contribution in [0.2, 0.25) is 0 Å². The van der Waals surface area contributed by atoms with Gasteiger partial charge in [0.15, 0.2) is 11.6 Å². The Morgan fingerprint density at radius 1 is 1.17 bits per heavy atom. The minimum absolute atomic E-state index is 0.190. The fourth-order valence-corrected chi connectivity index (χ4v) is 3.07. The summed E-state index contributed by atoms with van der Waals surface area (Å²) in [6.07, 6.45) is 0.724. The molecule has 1 unspecified atom stereocenters. The Morgan fingerprint density at radius 2 is 1.83 bits per heavy atom. The van der Waals surface area contributed by atoms with Gasteiger partial charge in [0.2, 0.25) is 0 Å². The molecule has 1 N–H and O–H groups in total. The molecule has 2 heterocycles. The second-order valence-corrected chi connectivity index (χ2v) is 5.82. The molecule has 0 saturated carbocycles. The van der Waals surface area contributed by atoms with Crippen LogP contribution in [0.25, 0.3) is 0 Å². The van der Waals surface area contributed by atoms with Crippen LogP contribution in [0, 0.1) is 17.5 Å². The highest BCUT2D eigenvalue weighted by atomic mass is 19.2. The van der Waals surface area contributed by atoms with Gasteiger partial charge in [0.05, 0.1) is 23.9 Å². The molecule has 24 heavy (non-hydrogen) atoms. The molecule has 0 fully saturated rings. The molecule has 0 bridgehead atoms. The van der Waals surface area contributed by atoms with Crippen molar-refractivity contribution in [2.45, 2.75) is 19.4 Å². The quantitative estimate of drug-likeness (QED) is 0.859. The van der Waals surface area contributed by atoms with Crippen LogP contribution in [0.1, 0.15) is 24.9 Å². The Morgan fingerprint density at radius 3 is 2.50 bits per heavy atom. The molecule has 128 valence electrons. The maximum Gasteiger partial charge on any atom is 0.322 e. The number of hydrogen-bond donors (Lipinski definition) is 1. The zero-order valence-corrected chi connectivity index (χ0v) is 13.2. The Bertz CT molecular complexity index is 763. The van der Waals surface area contributed by atoms with Gasteiger partial charge in [0.1, 0.15) is 5.82 Å². The normalized spacial score (nSPS) is 20.6. The van der Waals surface area contributed by atoms with Crippen LogP contribution in [-0.2, 0) is 4.79 Å². The second kappa shape index (κ2) is 5.85. The molecule has 0 saturated heterocycles. The summed E-state index contributed by atoms with van der Waals surface area (Å²) in [5.41, 5.74) is 0.372. The van der Waals surface area contributed by atoms with E-state index in [0.29, 0.717) is 24.4 Å². The lowest BCUT2D eigenvalue weighted by Gasteiger charge is -2.31. The molecule has 1 atom stereocenters. The first-order chi connectivity index (χ1) is 11.3. The molecule has 3 rings (SSSR count). The summed E-state index contributed by atoms with van der Waals surface area (Å²) < 4.78 is 40.9. The number of urea groups is 1. The van der Waals surface area contributed by atoms with E-state index in [2.05, 4.69) is 5.32 Å². The van der Waals surface area contributed by atoms with Crippen molar-refractivity contribution in [3.8, 4) is 0 Å². The number of nitrogens with zero attached hydrogens (tertiary/aromatic N) is 2. The van der Waals surface area contributed by atoms with Crippen molar-refractivity contribution in [3.05, 3.63) is 46.4 Å². The van der Waals surface area contributed by atoms with Crippen LogP contribution in [0.5, 0.6) is 0 Å². The molecule has 0 radical (unpaired) electrons. The van der Waals surface area contributed by atoms with Crippen LogP contribution in [-0.4, -0.2) is 41.9 Å². The average Bonchev–Trinajstić information content (AvgIpc) is 2.85. The van der Waals surface area contributed by atoms with E-state index in [4.69, 9.17) is 0 Å². The zero-order chi connectivity index (χ0) is 17.6. The molecular weight excluding hydrogens is 323 g/mol. The van der Waals surface area contributed by atoms with Gasteiger partial charge in [0.25, 0.3) is 5.91 Å². The zero-order valence-electron chi connectivity index (χ0n) is 13.2. The number of likely N-dealkylation sites (N-methyl/N-ethyl adjacent to an activating group) is 1. The first-order valence-corrected chi connectivity index (χ1v) is 7.56. The van der Waals surface area contributed by atoms with Crippen LogP contribution < -0.4 is 5.32 Å². The van der Waals surface area contributed by atoms with E-state index in [1.165, 1.54) is 11.9 Å². The fraction of sp³-hybridized carbons (Fsp3) is 0.375. The van der Waals surface area contributed by atoms with Crippen LogP contribution in [0.3, 0.4) is 0 Å². The highest BCUT2D eigenvalue weighted by Crippen LogP contribution is 2.37. The number of hydrogen-bond acceptors (Lipinski definition) is 2. The third-order valence-corrected chi connectivity index (χ3v) is 4.28. The number of carbonyl (C=O) groups excluding carboxylic acids is 2. The summed E-state index contributed by atoms with van der Waals surface area (Å²) >= 11 is 0. The van der Waals surface area contributed by atoms with Gasteiger partial charge in [-0.05, 0) is 12.5 Å². The fourth-order valence-electron chi connectivity index (χ4n) is 3.07. The highest BCUT2D eigenvalue weighted by molar-refractivity contribution is 6.01. The van der Waals surface area contributed by atoms with Crippen molar-refractivity contribution in [1.82, 2.24) is 15.1 Å². The van der Waals surface area contributed by atoms with Crippen LogP contribution in [0.4, 0.5) is 18.0 Å². The molecule has 1 aromatic carbocycles. The smallest absolute Gasteiger partial charge is 0.322 e. The first-order valence-electron chi connectivity index (χ1n) is 7.56. The van der Waals surface area contributed by atoms with E-state index < -0.39 is 29.5 Å². The minimum atomic E-state index is -1.32. The molecule has 5 nitrogen and oxygen atoms in total. The Labute approximate surface area is 136 Å². The first kappa shape index (κ1) is 16.4. The van der Waals surface area contributed by atoms with Gasteiger partial charge in [-0.25, -0.2) is 18.0 Å². The van der Waals surface area contributed by atoms with Crippen LogP contribution >= 0.6 is 0 Å². The van der Waals surface area contributed by atoms with Gasteiger partial charge in [-0.2, -0.15) is 0 Å². The van der Waals surface area contributed by atoms with Gasteiger partial charge in [-0.15, -0.1) is 0 Å². The molecule has 2 aliphatic heterocycles. The number of amides is 3. The van der Waals surface area contributed by atoms with Gasteiger partial charge in [0, 0.05) is 25.2 Å². The van der Waals surface area contributed by atoms with Crippen molar-refractivity contribution in [2.75, 3.05) is 20.1 Å². The predicted molar refractivity (Wildman–Crippen MR) is 79.2 cm³/mol. The maximum atomic E-state index is 14.1. The van der Waals surface area contributed by atoms with Crippen molar-refractivity contribution in [3.63, 3.8) is 0 Å². The van der Waals surface area contributed by atoms with E-state index >= 15 is 0 Å². The Balaban J connectivity index is 2.10. The van der Waals surface area contributed by atoms with Gasteiger partial charge in [-0.1, -0.05) is 6.92 Å². The van der Waals surface area contributed by atoms with Gasteiger partial charge >= 0.3 is 6.03 Å². The molecule has 0 aliphatic carbocycles. The molecule has 2 aliphatic rings. The number of benzene rings is 1. The van der Waals surface area contributed by atoms with Crippen molar-refractivity contribution < 1.29 is 22.8 Å². The SMILES string of the molecule is CCCN1CC2=C(C1=O)C(c1cc(F)c(F)cc1F)NC(=O)N2C. The van der Waals surface area contributed by atoms with E-state index in [1.807, 2.05) is 6.92 Å². The average molecular weight is 339 g/mol. The summed E-state index contributed by atoms with van der Waals surface area (Å²) in [6, 6.07) is -0.581. The predicted octanol–water partition coefficient (Wildman–Crippen LogP) is 2.31. The van der Waals surface area contributed by atoms with Gasteiger partial charge < -0.3 is 10.2 Å². The summed E-state index contributed by atoms with van der Waals surface area (Å²) in [5.74, 6) is -3.92. The summed E-state index contributed by atoms with van der Waals surface area (Å²) in [7, 11) is 1.51. The monoisotopic (exact) mass is 339 g/mol. The number of rotatable bonds is 3. The summed E-state index contributed by atoms with van der Waals surface area (Å²) in [4.78, 5) is 27.6. The maximum absolute atomic E-state index is 14.1. The summed E-state index contributed by atoms with van der Waals surface area (Å²) in [6.45, 7) is 2.62. The van der Waals surface area contributed by atoms with E-state index in [9.17, 15) is 22.8 Å². The van der Waals surface area contributed by atoms with E-state index in [1.54, 1.807) is 4.90 Å². The number of halogens is 3. The molecule has 3 amide bonds. The van der Waals surface area contributed by atoms with Crippen molar-refractivity contribution >= 4 is 11.9 Å². The standard InChI is InChI=1S/C16H16F3N3O2/c1-3-4-22-7-12-13(15(22)23)14(20-16(24)21(12)2)8-5-10(18)11(19)6-9(8)17/h5-6,14H,3-4,7H2,1-2H3,(H,20,24). The highest BCUT2D eigenvalue weighted by Gasteiger charge is 2.43. The Kier molecular flexibility index (Phi) is 3.98. The molecule has 0 spiro atoms. The third-order valence-electron chi connectivity index (χ3n) is 4.28. The minimum Gasteiger partial charge on any atom is -0.333 e. The topological polar surface area (TPSA) is 52.7 Å². The number of carbonyl (C=O) groups is 2. The largest absolute Gasteiger partial charge is 0.333 e. The Hall–Kier alpha value is -2.51. The number of nitrogens with one attached hydrogen (secondary N) is 1. The molecule has 8 heteroatoms. The van der Waals surface area contributed by atoms with E-state index in [0.717, 1.165) is 6.42 Å². The molecule has 1 aromatic rings. The summed E-state index contributed by atoms with van der Waals surface area (Å²) in [5, 5.41) is 2.49. The van der Waals surface area contributed by atoms with Crippen molar-refractivity contribution in [1.29, 1.82) is 0 Å². The van der Waals surface area contributed by atoms with Gasteiger partial charge in [-0.3, -0.25) is 9.69 Å².